The van der Waals surface area contributed by atoms with Crippen molar-refractivity contribution in [1.29, 1.82) is 0 Å². The number of carbonyl (C=O) groups is 3. The predicted molar refractivity (Wildman–Crippen MR) is 31.3 cm³/mol. The molecule has 0 aliphatic heterocycles. The molecule has 0 unspecified atom stereocenters. The van der Waals surface area contributed by atoms with E-state index in [1.165, 1.54) is 0 Å². The summed E-state index contributed by atoms with van der Waals surface area (Å²) in [5.41, 5.74) is 0. The molecule has 0 aliphatic rings. The van der Waals surface area contributed by atoms with Gasteiger partial charge in [0.2, 0.25) is 0 Å². The van der Waals surface area contributed by atoms with Crippen LogP contribution < -0.4 is 30.6 Å². The van der Waals surface area contributed by atoms with Crippen LogP contribution in [0.15, 0.2) is 0 Å². The molecule has 0 saturated carbocycles. The predicted octanol–water partition coefficient (Wildman–Crippen LogP) is -8.93. The number of carboxylic acid groups (broad SMARTS) is 6. The first-order valence-electron chi connectivity index (χ1n) is 1.84. The molecule has 15 heavy (non-hydrogen) atoms. The van der Waals surface area contributed by atoms with Crippen molar-refractivity contribution in [2.24, 2.45) is 0 Å². The zero-order valence-corrected chi connectivity index (χ0v) is 12.4. The van der Waals surface area contributed by atoms with Crippen molar-refractivity contribution in [2.75, 3.05) is 0 Å². The molecule has 0 bridgehead atoms. The van der Waals surface area contributed by atoms with E-state index in [-0.39, 0.29) is 53.3 Å². The van der Waals surface area contributed by atoms with Gasteiger partial charge in [-0.15, -0.1) is 0 Å². The van der Waals surface area contributed by atoms with Gasteiger partial charge < -0.3 is 50.5 Å². The Bertz CT molecular complexity index is 116. The van der Waals surface area contributed by atoms with E-state index >= 15 is 0 Å². The summed E-state index contributed by atoms with van der Waals surface area (Å²) >= 11 is 0. The molecule has 2 radical (unpaired) electrons. The maximum Gasteiger partial charge on any atom is 3.00 e. The molecule has 0 aromatic heterocycles. The molecule has 0 rings (SSSR count). The molecule has 0 aliphatic carbocycles. The Hall–Kier alpha value is -0.633. The smallest absolute Gasteiger partial charge is 0.652 e. The number of rotatable bonds is 0. The van der Waals surface area contributed by atoms with Gasteiger partial charge in [-0.3, -0.25) is 0 Å². The number of hydrogen-bond donors (Lipinski definition) is 0. The van der Waals surface area contributed by atoms with Gasteiger partial charge >= 0.3 is 47.8 Å². The van der Waals surface area contributed by atoms with Crippen LogP contribution >= 0.6 is 0 Å². The average Bonchev–Trinajstić information content (AvgIpc) is 1.54. The molecule has 0 saturated heterocycles. The van der Waals surface area contributed by atoms with Crippen molar-refractivity contribution in [3.05, 3.63) is 0 Å². The normalized spacial score (nSPS) is 4.80. The van der Waals surface area contributed by atoms with Gasteiger partial charge in [0.15, 0.2) is 0 Å². The van der Waals surface area contributed by atoms with E-state index < -0.39 is 18.5 Å². The molecule has 0 atom stereocenters. The average molecular weight is 435 g/mol. The number of hydrogen-bond acceptors (Lipinski definition) is 9. The van der Waals surface area contributed by atoms with Crippen molar-refractivity contribution in [2.45, 2.75) is 0 Å². The second-order valence-corrected chi connectivity index (χ2v) is 0.750. The second kappa shape index (κ2) is 29.2. The fourth-order valence-corrected chi connectivity index (χ4v) is 0. The minimum atomic E-state index is -2.33. The van der Waals surface area contributed by atoms with Crippen LogP contribution in [0.4, 0.5) is 14.4 Å². The van der Waals surface area contributed by atoms with Crippen LogP contribution in [0.25, 0.3) is 0 Å². The summed E-state index contributed by atoms with van der Waals surface area (Å²) < 4.78 is 0. The van der Waals surface area contributed by atoms with Crippen LogP contribution in [0.2, 0.25) is 0 Å². The van der Waals surface area contributed by atoms with Crippen LogP contribution in [0, 0.1) is 0 Å². The van der Waals surface area contributed by atoms with Crippen molar-refractivity contribution < 1.29 is 50.5 Å². The van der Waals surface area contributed by atoms with Crippen LogP contribution in [-0.4, -0.2) is 71.8 Å². The maximum absolute atomic E-state index is 8.33. The Kier molecular flexibility index (Phi) is 71.4. The first-order chi connectivity index (χ1) is 5.20. The topological polar surface area (TPSA) is 221 Å². The first-order valence-corrected chi connectivity index (χ1v) is 1.84. The van der Waals surface area contributed by atoms with Gasteiger partial charge in [0, 0.05) is 0 Å². The quantitative estimate of drug-likeness (QED) is 0.329. The molecule has 0 aromatic carbocycles. The molecule has 12 heteroatoms. The molecule has 0 spiro atoms. The van der Waals surface area contributed by atoms with Crippen LogP contribution in [0.3, 0.4) is 0 Å². The Labute approximate surface area is 116 Å². The van der Waals surface area contributed by atoms with Gasteiger partial charge in [0.1, 0.15) is 0 Å². The summed E-state index contributed by atoms with van der Waals surface area (Å²) in [6.45, 7) is 0. The van der Waals surface area contributed by atoms with Gasteiger partial charge in [-0.1, -0.05) is 0 Å². The molecule has 0 fully saturated rings. The summed E-state index contributed by atoms with van der Waals surface area (Å²) in [5, 5.41) is 50.0. The minimum absolute atomic E-state index is 0. The third-order valence-electron chi connectivity index (χ3n) is 0. The summed E-state index contributed by atoms with van der Waals surface area (Å²) in [5.74, 6) is 0. The van der Waals surface area contributed by atoms with Gasteiger partial charge in [-0.25, -0.2) is 0 Å². The summed E-state index contributed by atoms with van der Waals surface area (Å²) in [6.07, 6.45) is -7.00. The summed E-state index contributed by atoms with van der Waals surface area (Å²) in [4.78, 5) is 25.0. The zero-order valence-electron chi connectivity index (χ0n) is 6.67. The molecular formula is C3H2O10Sn2. The first kappa shape index (κ1) is 36.7. The van der Waals surface area contributed by atoms with E-state index in [1.54, 1.807) is 0 Å². The van der Waals surface area contributed by atoms with Gasteiger partial charge in [0.25, 0.3) is 0 Å². The zero-order chi connectivity index (χ0) is 10.7. The van der Waals surface area contributed by atoms with E-state index in [2.05, 4.69) is 0 Å². The Morgan fingerprint density at radius 3 is 0.533 bits per heavy atom. The Balaban J connectivity index is -0.0000000184. The molecule has 2 N–H and O–H groups in total. The fraction of sp³-hybridized carbons (Fsp3) is 0. The van der Waals surface area contributed by atoms with Crippen LogP contribution in [0.1, 0.15) is 0 Å². The Morgan fingerprint density at radius 1 is 0.533 bits per heavy atom. The summed E-state index contributed by atoms with van der Waals surface area (Å²) in [7, 11) is 0. The minimum Gasteiger partial charge on any atom is -0.652 e. The monoisotopic (exact) mass is 438 g/mol. The van der Waals surface area contributed by atoms with Crippen LogP contribution in [0.5, 0.6) is 0 Å². The molecule has 82 valence electrons. The van der Waals surface area contributed by atoms with Gasteiger partial charge in [-0.05, 0) is 18.5 Å². The molecule has 0 aromatic rings. The van der Waals surface area contributed by atoms with Gasteiger partial charge in [-0.2, -0.15) is 0 Å². The van der Waals surface area contributed by atoms with Crippen molar-refractivity contribution in [1.82, 2.24) is 0 Å². The standard InChI is InChI=1S/3CH2O3.H2O.2Sn/c3*2-1(3)4;;;/h3*(H2,2,3,4);1H2;;/q;;;;2*+3/p-6. The molecule has 0 amide bonds. The number of carbonyl (C=O) groups excluding carboxylic acids is 3. The van der Waals surface area contributed by atoms with E-state index in [9.17, 15) is 0 Å². The van der Waals surface area contributed by atoms with E-state index in [1.807, 2.05) is 0 Å². The second-order valence-electron chi connectivity index (χ2n) is 0.750. The molecule has 0 heterocycles. The fourth-order valence-electron chi connectivity index (χ4n) is 0. The van der Waals surface area contributed by atoms with Crippen molar-refractivity contribution in [3.8, 4) is 0 Å². The van der Waals surface area contributed by atoms with E-state index in [0.717, 1.165) is 0 Å². The van der Waals surface area contributed by atoms with Gasteiger partial charge in [0.05, 0.1) is 0 Å². The van der Waals surface area contributed by atoms with Crippen molar-refractivity contribution in [3.63, 3.8) is 0 Å². The SMILES string of the molecule is O.O=C([O-])[O-].O=C([O-])[O-].O=C([O-])[O-].[Sn+3].[Sn+3]. The third kappa shape index (κ3) is 4320. The Morgan fingerprint density at radius 2 is 0.533 bits per heavy atom. The van der Waals surface area contributed by atoms with Crippen LogP contribution in [-0.2, 0) is 0 Å². The van der Waals surface area contributed by atoms with Crippen molar-refractivity contribution >= 4 is 66.3 Å². The summed E-state index contributed by atoms with van der Waals surface area (Å²) in [6, 6.07) is 0. The van der Waals surface area contributed by atoms with E-state index in [0.29, 0.717) is 0 Å². The molecular weight excluding hydrogens is 433 g/mol. The third-order valence-corrected chi connectivity index (χ3v) is 0. The van der Waals surface area contributed by atoms with E-state index in [4.69, 9.17) is 45.0 Å². The maximum atomic E-state index is 8.33. The molecule has 10 nitrogen and oxygen atoms in total. The largest absolute Gasteiger partial charge is 3.00 e.